The first-order valence-electron chi connectivity index (χ1n) is 7.78. The van der Waals surface area contributed by atoms with Gasteiger partial charge in [-0.3, -0.25) is 4.99 Å². The highest BCUT2D eigenvalue weighted by Crippen LogP contribution is 2.20. The van der Waals surface area contributed by atoms with E-state index in [9.17, 15) is 0 Å². The van der Waals surface area contributed by atoms with Crippen molar-refractivity contribution in [2.45, 2.75) is 51.0 Å². The molecule has 0 aliphatic heterocycles. The molecule has 1 fully saturated rings. The second-order valence-electron chi connectivity index (χ2n) is 5.69. The van der Waals surface area contributed by atoms with Crippen molar-refractivity contribution in [1.82, 2.24) is 9.97 Å². The Morgan fingerprint density at radius 2 is 1.71 bits per heavy atom. The SMILES string of the molecule is C(=NC1CCCCCCC1)c1ccc(-c2ccc[nH]2)[nH]1.Cl. The standard InChI is InChI=1S/C17H23N3.ClH/c1-2-4-7-14(8-5-3-1)19-13-15-10-11-17(20-15)16-9-6-12-18-16;/h6,9-14,18,20H,1-5,7-8H2;1H. The average molecular weight is 306 g/mol. The van der Waals surface area contributed by atoms with Crippen LogP contribution in [0, 0.1) is 0 Å². The minimum atomic E-state index is 0. The van der Waals surface area contributed by atoms with Gasteiger partial charge >= 0.3 is 0 Å². The van der Waals surface area contributed by atoms with Crippen LogP contribution in [0.5, 0.6) is 0 Å². The van der Waals surface area contributed by atoms with Crippen molar-refractivity contribution in [3.8, 4) is 11.4 Å². The lowest BCUT2D eigenvalue weighted by Gasteiger charge is -2.15. The van der Waals surface area contributed by atoms with Gasteiger partial charge < -0.3 is 9.97 Å². The fourth-order valence-electron chi connectivity index (χ4n) is 2.91. The molecule has 0 aromatic carbocycles. The maximum absolute atomic E-state index is 4.78. The molecule has 114 valence electrons. The van der Waals surface area contributed by atoms with Crippen molar-refractivity contribution in [2.75, 3.05) is 0 Å². The Morgan fingerprint density at radius 3 is 2.43 bits per heavy atom. The predicted octanol–water partition coefficient (Wildman–Crippen LogP) is 4.96. The number of nitrogens with one attached hydrogen (secondary N) is 2. The molecule has 0 amide bonds. The summed E-state index contributed by atoms with van der Waals surface area (Å²) in [6.45, 7) is 0. The topological polar surface area (TPSA) is 43.9 Å². The van der Waals surface area contributed by atoms with Crippen molar-refractivity contribution in [3.63, 3.8) is 0 Å². The Hall–Kier alpha value is -1.48. The summed E-state index contributed by atoms with van der Waals surface area (Å²) >= 11 is 0. The minimum Gasteiger partial charge on any atom is -0.360 e. The van der Waals surface area contributed by atoms with Crippen molar-refractivity contribution in [2.24, 2.45) is 4.99 Å². The van der Waals surface area contributed by atoms with E-state index in [1.165, 1.54) is 44.9 Å². The van der Waals surface area contributed by atoms with Gasteiger partial charge in [-0.15, -0.1) is 12.4 Å². The van der Waals surface area contributed by atoms with Gasteiger partial charge in [0, 0.05) is 12.4 Å². The number of aromatic nitrogens is 2. The van der Waals surface area contributed by atoms with E-state index in [1.54, 1.807) is 0 Å². The molecule has 3 nitrogen and oxygen atoms in total. The van der Waals surface area contributed by atoms with Gasteiger partial charge in [0.25, 0.3) is 0 Å². The Labute approximate surface area is 132 Å². The maximum Gasteiger partial charge on any atom is 0.0624 e. The third-order valence-electron chi connectivity index (χ3n) is 4.10. The lowest BCUT2D eigenvalue weighted by Crippen LogP contribution is -2.07. The van der Waals surface area contributed by atoms with Crippen molar-refractivity contribution >= 4 is 18.6 Å². The van der Waals surface area contributed by atoms with Crippen LogP contribution in [0.2, 0.25) is 0 Å². The molecule has 0 bridgehead atoms. The maximum atomic E-state index is 4.78. The lowest BCUT2D eigenvalue weighted by atomic mass is 9.97. The third-order valence-corrected chi connectivity index (χ3v) is 4.10. The average Bonchev–Trinajstić information content (AvgIpc) is 3.08. The molecule has 2 aromatic heterocycles. The highest BCUT2D eigenvalue weighted by atomic mass is 35.5. The second kappa shape index (κ2) is 8.08. The quantitative estimate of drug-likeness (QED) is 0.753. The summed E-state index contributed by atoms with van der Waals surface area (Å²) in [5, 5.41) is 0. The molecule has 0 radical (unpaired) electrons. The van der Waals surface area contributed by atoms with Gasteiger partial charge in [0.2, 0.25) is 0 Å². The normalized spacial score (nSPS) is 17.3. The minimum absolute atomic E-state index is 0. The van der Waals surface area contributed by atoms with E-state index < -0.39 is 0 Å². The second-order valence-corrected chi connectivity index (χ2v) is 5.69. The monoisotopic (exact) mass is 305 g/mol. The summed E-state index contributed by atoms with van der Waals surface area (Å²) < 4.78 is 0. The number of hydrogen-bond donors (Lipinski definition) is 2. The Morgan fingerprint density at radius 1 is 0.952 bits per heavy atom. The fraction of sp³-hybridized carbons (Fsp3) is 0.471. The van der Waals surface area contributed by atoms with Crippen LogP contribution < -0.4 is 0 Å². The van der Waals surface area contributed by atoms with Gasteiger partial charge in [-0.25, -0.2) is 0 Å². The molecule has 4 heteroatoms. The van der Waals surface area contributed by atoms with Crippen molar-refractivity contribution in [3.05, 3.63) is 36.2 Å². The van der Waals surface area contributed by atoms with Crippen molar-refractivity contribution in [1.29, 1.82) is 0 Å². The van der Waals surface area contributed by atoms with Gasteiger partial charge in [0.15, 0.2) is 0 Å². The first-order valence-corrected chi connectivity index (χ1v) is 7.78. The summed E-state index contributed by atoms with van der Waals surface area (Å²) in [4.78, 5) is 11.4. The van der Waals surface area contributed by atoms with E-state index >= 15 is 0 Å². The van der Waals surface area contributed by atoms with Crippen LogP contribution in [0.4, 0.5) is 0 Å². The molecule has 0 atom stereocenters. The van der Waals surface area contributed by atoms with E-state index in [4.69, 9.17) is 4.99 Å². The largest absolute Gasteiger partial charge is 0.360 e. The fourth-order valence-corrected chi connectivity index (χ4v) is 2.91. The first-order chi connectivity index (χ1) is 9.92. The zero-order chi connectivity index (χ0) is 13.6. The van der Waals surface area contributed by atoms with E-state index in [0.29, 0.717) is 6.04 Å². The molecule has 21 heavy (non-hydrogen) atoms. The summed E-state index contributed by atoms with van der Waals surface area (Å²) in [5.74, 6) is 0. The van der Waals surface area contributed by atoms with Crippen LogP contribution in [-0.2, 0) is 0 Å². The number of aromatic amines is 2. The smallest absolute Gasteiger partial charge is 0.0624 e. The number of halogens is 1. The van der Waals surface area contributed by atoms with Crippen LogP contribution in [0.25, 0.3) is 11.4 Å². The first kappa shape index (κ1) is 15.9. The molecular weight excluding hydrogens is 282 g/mol. The summed E-state index contributed by atoms with van der Waals surface area (Å²) in [7, 11) is 0. The van der Waals surface area contributed by atoms with E-state index in [-0.39, 0.29) is 12.4 Å². The molecule has 0 saturated heterocycles. The zero-order valence-corrected chi connectivity index (χ0v) is 13.2. The number of H-pyrrole nitrogens is 2. The van der Waals surface area contributed by atoms with Gasteiger partial charge in [0.05, 0.1) is 23.1 Å². The third kappa shape index (κ3) is 4.50. The number of aliphatic imine (C=N–C) groups is 1. The highest BCUT2D eigenvalue weighted by Gasteiger charge is 2.09. The molecule has 1 aliphatic carbocycles. The summed E-state index contributed by atoms with van der Waals surface area (Å²) in [6.07, 6.45) is 13.3. The zero-order valence-electron chi connectivity index (χ0n) is 12.3. The Balaban J connectivity index is 0.00000161. The van der Waals surface area contributed by atoms with Crippen LogP contribution in [0.1, 0.15) is 50.6 Å². The van der Waals surface area contributed by atoms with Gasteiger partial charge in [-0.1, -0.05) is 32.1 Å². The van der Waals surface area contributed by atoms with Gasteiger partial charge in [0.1, 0.15) is 0 Å². The Bertz CT molecular complexity index is 534. The van der Waals surface area contributed by atoms with Gasteiger partial charge in [-0.05, 0) is 37.1 Å². The highest BCUT2D eigenvalue weighted by molar-refractivity contribution is 5.85. The number of rotatable bonds is 3. The van der Waals surface area contributed by atoms with E-state index in [0.717, 1.165) is 17.1 Å². The summed E-state index contributed by atoms with van der Waals surface area (Å²) in [5.41, 5.74) is 3.33. The van der Waals surface area contributed by atoms with Crippen molar-refractivity contribution < 1.29 is 0 Å². The number of nitrogens with zero attached hydrogens (tertiary/aromatic N) is 1. The molecule has 2 aromatic rings. The van der Waals surface area contributed by atoms with E-state index in [1.807, 2.05) is 18.5 Å². The van der Waals surface area contributed by atoms with Crippen LogP contribution in [0.15, 0.2) is 35.5 Å². The van der Waals surface area contributed by atoms with Crippen LogP contribution >= 0.6 is 12.4 Å². The summed E-state index contributed by atoms with van der Waals surface area (Å²) in [6, 6.07) is 8.81. The molecule has 2 heterocycles. The van der Waals surface area contributed by atoms with Crippen LogP contribution in [0.3, 0.4) is 0 Å². The van der Waals surface area contributed by atoms with E-state index in [2.05, 4.69) is 28.2 Å². The molecular formula is C17H24ClN3. The lowest BCUT2D eigenvalue weighted by molar-refractivity contribution is 0.456. The predicted molar refractivity (Wildman–Crippen MR) is 91.5 cm³/mol. The molecule has 1 aliphatic rings. The van der Waals surface area contributed by atoms with Crippen LogP contribution in [-0.4, -0.2) is 22.2 Å². The molecule has 0 spiro atoms. The Kier molecular flexibility index (Phi) is 6.12. The molecule has 2 N–H and O–H groups in total. The van der Waals surface area contributed by atoms with Gasteiger partial charge in [-0.2, -0.15) is 0 Å². The molecule has 0 unspecified atom stereocenters. The number of hydrogen-bond acceptors (Lipinski definition) is 1. The molecule has 1 saturated carbocycles. The molecule has 3 rings (SSSR count).